The van der Waals surface area contributed by atoms with Crippen LogP contribution in [0.5, 0.6) is 11.5 Å². The fourth-order valence-corrected chi connectivity index (χ4v) is 7.17. The number of aliphatic hydroxyl groups excluding tert-OH is 2. The zero-order chi connectivity index (χ0) is 36.4. The van der Waals surface area contributed by atoms with Crippen LogP contribution in [0.2, 0.25) is 0 Å². The molecule has 5 rings (SSSR count). The van der Waals surface area contributed by atoms with E-state index in [-0.39, 0.29) is 25.4 Å². The van der Waals surface area contributed by atoms with E-state index in [0.29, 0.717) is 13.2 Å². The molecule has 0 saturated heterocycles. The highest BCUT2D eigenvalue weighted by Gasteiger charge is 2.46. The fraction of sp³-hybridized carbons (Fsp3) is 0.467. The quantitative estimate of drug-likeness (QED) is 0.0847. The maximum absolute atomic E-state index is 9.69. The summed E-state index contributed by atoms with van der Waals surface area (Å²) in [7, 11) is 0. The molecule has 0 saturated carbocycles. The molecule has 0 bridgehead atoms. The average molecular weight is 695 g/mol. The number of unbranched alkanes of at least 4 members (excludes halogenated alkanes) is 2. The Morgan fingerprint density at radius 1 is 0.549 bits per heavy atom. The van der Waals surface area contributed by atoms with E-state index in [9.17, 15) is 10.2 Å². The van der Waals surface area contributed by atoms with Crippen LogP contribution >= 0.6 is 0 Å². The van der Waals surface area contributed by atoms with E-state index in [2.05, 4.69) is 98.8 Å². The fourth-order valence-electron chi connectivity index (χ4n) is 7.17. The molecule has 0 radical (unpaired) electrons. The maximum Gasteiger partial charge on any atom is 0.122 e. The molecule has 2 N–H and O–H groups in total. The minimum Gasteiger partial charge on any atom is -0.491 e. The van der Waals surface area contributed by atoms with E-state index >= 15 is 0 Å². The molecule has 0 fully saturated rings. The lowest BCUT2D eigenvalue weighted by Gasteiger charge is -2.35. The highest BCUT2D eigenvalue weighted by Crippen LogP contribution is 2.56. The Balaban J connectivity index is 1.63. The first-order valence-corrected chi connectivity index (χ1v) is 19.0. The van der Waals surface area contributed by atoms with Gasteiger partial charge in [-0.15, -0.1) is 0 Å². The van der Waals surface area contributed by atoms with Crippen molar-refractivity contribution >= 4 is 0 Å². The molecule has 6 heteroatoms. The minimum atomic E-state index is -0.548. The van der Waals surface area contributed by atoms with Crippen LogP contribution in [-0.2, 0) is 27.7 Å². The van der Waals surface area contributed by atoms with Crippen LogP contribution in [0.4, 0.5) is 0 Å². The zero-order valence-corrected chi connectivity index (χ0v) is 31.5. The highest BCUT2D eigenvalue weighted by molar-refractivity contribution is 5.86. The number of fused-ring (bicyclic) bond motifs is 3. The average Bonchev–Trinajstić information content (AvgIpc) is 3.44. The van der Waals surface area contributed by atoms with Crippen LogP contribution in [0, 0.1) is 0 Å². The van der Waals surface area contributed by atoms with Gasteiger partial charge in [-0.2, -0.15) is 0 Å². The monoisotopic (exact) mass is 694 g/mol. The van der Waals surface area contributed by atoms with Crippen LogP contribution in [0.15, 0.2) is 84.9 Å². The summed E-state index contributed by atoms with van der Waals surface area (Å²) >= 11 is 0. The lowest BCUT2D eigenvalue weighted by Crippen LogP contribution is -2.29. The van der Waals surface area contributed by atoms with E-state index in [1.807, 2.05) is 13.8 Å². The van der Waals surface area contributed by atoms with Gasteiger partial charge >= 0.3 is 0 Å². The van der Waals surface area contributed by atoms with E-state index in [0.717, 1.165) is 50.0 Å². The van der Waals surface area contributed by atoms with Crippen LogP contribution in [-0.4, -0.2) is 61.1 Å². The second-order valence-corrected chi connectivity index (χ2v) is 14.3. The third-order valence-corrected chi connectivity index (χ3v) is 9.73. The van der Waals surface area contributed by atoms with Gasteiger partial charge in [-0.1, -0.05) is 99.5 Å². The number of hydrogen-bond donors (Lipinski definition) is 2. The molecule has 274 valence electrons. The number of rotatable bonds is 20. The normalized spacial score (nSPS) is 15.5. The smallest absolute Gasteiger partial charge is 0.122 e. The van der Waals surface area contributed by atoms with Crippen LogP contribution in [0.1, 0.15) is 101 Å². The predicted molar refractivity (Wildman–Crippen MR) is 206 cm³/mol. The van der Waals surface area contributed by atoms with Gasteiger partial charge in [0.15, 0.2) is 0 Å². The first-order valence-electron chi connectivity index (χ1n) is 19.0. The SMILES string of the molecule is CCCCc1cc(C2(c3ccc(OCC(C)OCC(C)O)c(CCCC)c3)c3ccccc3-c3ccccc32)ccc1OCC(C)OCC(C)O. The summed E-state index contributed by atoms with van der Waals surface area (Å²) in [6.07, 6.45) is 4.78. The second kappa shape index (κ2) is 18.2. The zero-order valence-electron chi connectivity index (χ0n) is 31.5. The third kappa shape index (κ3) is 9.04. The lowest BCUT2D eigenvalue weighted by atomic mass is 9.67. The van der Waals surface area contributed by atoms with Gasteiger partial charge in [-0.3, -0.25) is 0 Å². The van der Waals surface area contributed by atoms with Gasteiger partial charge in [-0.25, -0.2) is 0 Å². The van der Waals surface area contributed by atoms with Crippen molar-refractivity contribution in [3.05, 3.63) is 118 Å². The van der Waals surface area contributed by atoms with Crippen LogP contribution in [0.25, 0.3) is 11.1 Å². The summed E-state index contributed by atoms with van der Waals surface area (Å²) in [4.78, 5) is 0. The van der Waals surface area contributed by atoms with Gasteiger partial charge in [0.1, 0.15) is 24.7 Å². The Kier molecular flexibility index (Phi) is 13.7. The molecule has 4 aromatic carbocycles. The number of aliphatic hydroxyl groups is 2. The van der Waals surface area contributed by atoms with Gasteiger partial charge in [0.05, 0.1) is 43.0 Å². The van der Waals surface area contributed by atoms with Crippen molar-refractivity contribution in [3.8, 4) is 22.6 Å². The van der Waals surface area contributed by atoms with Gasteiger partial charge in [0.25, 0.3) is 0 Å². The van der Waals surface area contributed by atoms with E-state index in [1.165, 1.54) is 44.5 Å². The van der Waals surface area contributed by atoms with E-state index in [1.54, 1.807) is 13.8 Å². The molecule has 0 heterocycles. The second-order valence-electron chi connectivity index (χ2n) is 14.3. The third-order valence-electron chi connectivity index (χ3n) is 9.73. The lowest BCUT2D eigenvalue weighted by molar-refractivity contribution is -0.0133. The number of aryl methyl sites for hydroxylation is 2. The Bertz CT molecular complexity index is 1570. The molecule has 4 aromatic rings. The molecule has 0 aliphatic heterocycles. The molecule has 0 aromatic heterocycles. The van der Waals surface area contributed by atoms with E-state index < -0.39 is 17.6 Å². The van der Waals surface area contributed by atoms with Crippen molar-refractivity contribution in [2.45, 2.75) is 110 Å². The Labute approximate surface area is 305 Å². The molecule has 0 amide bonds. The van der Waals surface area contributed by atoms with Crippen LogP contribution in [0.3, 0.4) is 0 Å². The predicted octanol–water partition coefficient (Wildman–Crippen LogP) is 9.06. The van der Waals surface area contributed by atoms with E-state index in [4.69, 9.17) is 18.9 Å². The molecule has 1 aliphatic carbocycles. The maximum atomic E-state index is 9.69. The molecule has 6 nitrogen and oxygen atoms in total. The van der Waals surface area contributed by atoms with Crippen molar-refractivity contribution in [1.82, 2.24) is 0 Å². The van der Waals surface area contributed by atoms with Crippen molar-refractivity contribution in [2.24, 2.45) is 0 Å². The Hall–Kier alpha value is -3.68. The van der Waals surface area contributed by atoms with Gasteiger partial charge in [0, 0.05) is 0 Å². The molecule has 51 heavy (non-hydrogen) atoms. The highest BCUT2D eigenvalue weighted by atomic mass is 16.5. The summed E-state index contributed by atoms with van der Waals surface area (Å²) in [5.74, 6) is 1.77. The summed E-state index contributed by atoms with van der Waals surface area (Å²) in [6, 6.07) is 31.3. The minimum absolute atomic E-state index is 0.145. The number of ether oxygens (including phenoxy) is 4. The molecular weight excluding hydrogens is 636 g/mol. The first kappa shape index (κ1) is 38.5. The summed E-state index contributed by atoms with van der Waals surface area (Å²) in [6.45, 7) is 13.3. The molecule has 1 aliphatic rings. The summed E-state index contributed by atoms with van der Waals surface area (Å²) < 4.78 is 24.5. The van der Waals surface area contributed by atoms with Crippen molar-refractivity contribution < 1.29 is 29.2 Å². The van der Waals surface area contributed by atoms with Crippen molar-refractivity contribution in [2.75, 3.05) is 26.4 Å². The largest absolute Gasteiger partial charge is 0.491 e. The number of benzene rings is 4. The molecular formula is C45H58O6. The summed E-state index contributed by atoms with van der Waals surface area (Å²) in [5, 5.41) is 19.4. The van der Waals surface area contributed by atoms with Gasteiger partial charge in [0.2, 0.25) is 0 Å². The van der Waals surface area contributed by atoms with Crippen molar-refractivity contribution in [3.63, 3.8) is 0 Å². The topological polar surface area (TPSA) is 77.4 Å². The van der Waals surface area contributed by atoms with Gasteiger partial charge < -0.3 is 29.2 Å². The Morgan fingerprint density at radius 2 is 0.961 bits per heavy atom. The van der Waals surface area contributed by atoms with Gasteiger partial charge in [-0.05, 0) is 110 Å². The first-order chi connectivity index (χ1) is 24.7. The van der Waals surface area contributed by atoms with Crippen molar-refractivity contribution in [1.29, 1.82) is 0 Å². The summed E-state index contributed by atoms with van der Waals surface area (Å²) in [5.41, 5.74) is 9.33. The molecule has 0 spiro atoms. The Morgan fingerprint density at radius 3 is 1.35 bits per heavy atom. The molecule has 4 atom stereocenters. The molecule has 4 unspecified atom stereocenters. The number of hydrogen-bond acceptors (Lipinski definition) is 6. The standard InChI is InChI=1S/C45H58O6/c1-7-9-15-35-25-37(21-23-43(35)50-29-33(5)48-27-31(3)46)45(41-19-13-11-17-39(41)40-18-12-14-20-42(40)45)38-22-24-44(36(26-38)16-10-8-2)51-30-34(6)49-28-32(4)47/h11-14,17-26,31-34,46-47H,7-10,15-16,27-30H2,1-6H3. The van der Waals surface area contributed by atoms with Crippen LogP contribution < -0.4 is 9.47 Å².